The molecule has 0 saturated heterocycles. The first-order valence-electron chi connectivity index (χ1n) is 6.65. The first-order valence-corrected chi connectivity index (χ1v) is 6.65. The summed E-state index contributed by atoms with van der Waals surface area (Å²) in [6.07, 6.45) is 6.80. The molecule has 3 heteroatoms. The summed E-state index contributed by atoms with van der Waals surface area (Å²) in [7, 11) is 0. The SMILES string of the molecule is NNC(Cc1ccnc2ccccc12)CC1CC1. The van der Waals surface area contributed by atoms with Crippen molar-refractivity contribution in [3.63, 3.8) is 0 Å². The molecule has 0 spiro atoms. The van der Waals surface area contributed by atoms with E-state index >= 15 is 0 Å². The van der Waals surface area contributed by atoms with Gasteiger partial charge in [0.15, 0.2) is 0 Å². The predicted molar refractivity (Wildman–Crippen MR) is 73.9 cm³/mol. The van der Waals surface area contributed by atoms with Gasteiger partial charge in [-0.1, -0.05) is 31.0 Å². The quantitative estimate of drug-likeness (QED) is 0.624. The topological polar surface area (TPSA) is 50.9 Å². The fourth-order valence-electron chi connectivity index (χ4n) is 2.56. The summed E-state index contributed by atoms with van der Waals surface area (Å²) in [4.78, 5) is 4.40. The maximum Gasteiger partial charge on any atom is 0.0704 e. The molecule has 3 rings (SSSR count). The Bertz CT molecular complexity index is 529. The highest BCUT2D eigenvalue weighted by atomic mass is 15.2. The molecule has 1 saturated carbocycles. The van der Waals surface area contributed by atoms with Gasteiger partial charge in [0.25, 0.3) is 0 Å². The summed E-state index contributed by atoms with van der Waals surface area (Å²) in [6.45, 7) is 0. The molecule has 2 aromatic rings. The number of aromatic nitrogens is 1. The molecule has 0 bridgehead atoms. The number of fused-ring (bicyclic) bond motifs is 1. The van der Waals surface area contributed by atoms with Gasteiger partial charge in [-0.2, -0.15) is 0 Å². The third kappa shape index (κ3) is 2.52. The average Bonchev–Trinajstić information content (AvgIpc) is 3.22. The van der Waals surface area contributed by atoms with Crippen LogP contribution in [0.15, 0.2) is 36.5 Å². The van der Waals surface area contributed by atoms with Crippen LogP contribution in [0.4, 0.5) is 0 Å². The lowest BCUT2D eigenvalue weighted by Crippen LogP contribution is -2.37. The second kappa shape index (κ2) is 5.04. The van der Waals surface area contributed by atoms with Gasteiger partial charge in [-0.05, 0) is 36.5 Å². The molecule has 1 atom stereocenters. The molecular formula is C15H19N3. The second-order valence-corrected chi connectivity index (χ2v) is 5.23. The molecule has 1 heterocycles. The van der Waals surface area contributed by atoms with Gasteiger partial charge in [-0.3, -0.25) is 16.3 Å². The Labute approximate surface area is 107 Å². The molecule has 1 aliphatic rings. The molecule has 0 amide bonds. The Kier molecular flexibility index (Phi) is 3.26. The van der Waals surface area contributed by atoms with Crippen LogP contribution in [0.3, 0.4) is 0 Å². The largest absolute Gasteiger partial charge is 0.271 e. The zero-order valence-electron chi connectivity index (χ0n) is 10.5. The minimum Gasteiger partial charge on any atom is -0.271 e. The van der Waals surface area contributed by atoms with Crippen LogP contribution >= 0.6 is 0 Å². The Morgan fingerprint density at radius 2 is 2.11 bits per heavy atom. The van der Waals surface area contributed by atoms with Crippen molar-refractivity contribution in [3.8, 4) is 0 Å². The predicted octanol–water partition coefficient (Wildman–Crippen LogP) is 2.41. The highest BCUT2D eigenvalue weighted by Gasteiger charge is 2.25. The normalized spacial score (nSPS) is 16.9. The Hall–Kier alpha value is -1.45. The number of benzene rings is 1. The Morgan fingerprint density at radius 1 is 1.28 bits per heavy atom. The lowest BCUT2D eigenvalue weighted by atomic mass is 9.99. The molecule has 1 fully saturated rings. The van der Waals surface area contributed by atoms with Gasteiger partial charge in [-0.25, -0.2) is 0 Å². The fourth-order valence-corrected chi connectivity index (χ4v) is 2.56. The fraction of sp³-hybridized carbons (Fsp3) is 0.400. The summed E-state index contributed by atoms with van der Waals surface area (Å²) in [6, 6.07) is 10.8. The molecule has 94 valence electrons. The number of hydrogen-bond acceptors (Lipinski definition) is 3. The first kappa shape index (κ1) is 11.6. The number of nitrogens with two attached hydrogens (primary N) is 1. The van der Waals surface area contributed by atoms with Crippen molar-refractivity contribution in [2.45, 2.75) is 31.7 Å². The number of pyridine rings is 1. The molecule has 1 aliphatic carbocycles. The van der Waals surface area contributed by atoms with Crippen LogP contribution in [0, 0.1) is 5.92 Å². The molecule has 1 aromatic carbocycles. The van der Waals surface area contributed by atoms with Crippen LogP contribution in [-0.4, -0.2) is 11.0 Å². The van der Waals surface area contributed by atoms with Crippen LogP contribution in [0.25, 0.3) is 10.9 Å². The lowest BCUT2D eigenvalue weighted by Gasteiger charge is -2.16. The molecule has 3 N–H and O–H groups in total. The average molecular weight is 241 g/mol. The molecule has 3 nitrogen and oxygen atoms in total. The van der Waals surface area contributed by atoms with Gasteiger partial charge in [0.1, 0.15) is 0 Å². The van der Waals surface area contributed by atoms with Crippen LogP contribution in [0.5, 0.6) is 0 Å². The van der Waals surface area contributed by atoms with Crippen molar-refractivity contribution in [1.29, 1.82) is 0 Å². The maximum absolute atomic E-state index is 5.68. The Balaban J connectivity index is 1.84. The molecular weight excluding hydrogens is 222 g/mol. The van der Waals surface area contributed by atoms with Crippen LogP contribution < -0.4 is 11.3 Å². The summed E-state index contributed by atoms with van der Waals surface area (Å²) >= 11 is 0. The van der Waals surface area contributed by atoms with E-state index in [0.717, 1.165) is 17.9 Å². The van der Waals surface area contributed by atoms with Gasteiger partial charge >= 0.3 is 0 Å². The zero-order chi connectivity index (χ0) is 12.4. The van der Waals surface area contributed by atoms with E-state index in [1.54, 1.807) is 0 Å². The zero-order valence-corrected chi connectivity index (χ0v) is 10.5. The van der Waals surface area contributed by atoms with Gasteiger partial charge in [0.05, 0.1) is 5.52 Å². The molecule has 0 radical (unpaired) electrons. The molecule has 1 unspecified atom stereocenters. The van der Waals surface area contributed by atoms with E-state index in [-0.39, 0.29) is 0 Å². The minimum atomic E-state index is 0.378. The van der Waals surface area contributed by atoms with Crippen molar-refractivity contribution < 1.29 is 0 Å². The van der Waals surface area contributed by atoms with Crippen LogP contribution in [0.1, 0.15) is 24.8 Å². The molecule has 18 heavy (non-hydrogen) atoms. The standard InChI is InChI=1S/C15H19N3/c16-18-13(9-11-5-6-11)10-12-7-8-17-15-4-2-1-3-14(12)15/h1-4,7-8,11,13,18H,5-6,9-10,16H2. The second-order valence-electron chi connectivity index (χ2n) is 5.23. The maximum atomic E-state index is 5.68. The molecule has 0 aliphatic heterocycles. The molecule has 1 aromatic heterocycles. The number of hydrogen-bond donors (Lipinski definition) is 2. The smallest absolute Gasteiger partial charge is 0.0704 e. The van der Waals surface area contributed by atoms with Crippen LogP contribution in [-0.2, 0) is 6.42 Å². The number of para-hydroxylation sites is 1. The van der Waals surface area contributed by atoms with Crippen molar-refractivity contribution >= 4 is 10.9 Å². The van der Waals surface area contributed by atoms with Gasteiger partial charge < -0.3 is 0 Å². The highest BCUT2D eigenvalue weighted by molar-refractivity contribution is 5.81. The van der Waals surface area contributed by atoms with E-state index in [1.807, 2.05) is 12.3 Å². The summed E-state index contributed by atoms with van der Waals surface area (Å²) in [5, 5.41) is 1.25. The van der Waals surface area contributed by atoms with Crippen molar-refractivity contribution in [2.75, 3.05) is 0 Å². The number of nitrogens with one attached hydrogen (secondary N) is 1. The van der Waals surface area contributed by atoms with E-state index in [0.29, 0.717) is 6.04 Å². The lowest BCUT2D eigenvalue weighted by molar-refractivity contribution is 0.467. The van der Waals surface area contributed by atoms with E-state index in [4.69, 9.17) is 5.84 Å². The summed E-state index contributed by atoms with van der Waals surface area (Å²) in [5.41, 5.74) is 5.37. The van der Waals surface area contributed by atoms with Crippen LogP contribution in [0.2, 0.25) is 0 Å². The van der Waals surface area contributed by atoms with E-state index in [1.165, 1.54) is 30.2 Å². The van der Waals surface area contributed by atoms with E-state index in [2.05, 4.69) is 34.7 Å². The third-order valence-electron chi connectivity index (χ3n) is 3.76. The number of rotatable bonds is 5. The third-order valence-corrected chi connectivity index (χ3v) is 3.76. The van der Waals surface area contributed by atoms with Gasteiger partial charge in [0, 0.05) is 17.6 Å². The monoisotopic (exact) mass is 241 g/mol. The van der Waals surface area contributed by atoms with Gasteiger partial charge in [0.2, 0.25) is 0 Å². The number of hydrazine groups is 1. The Morgan fingerprint density at radius 3 is 2.89 bits per heavy atom. The van der Waals surface area contributed by atoms with Crippen molar-refractivity contribution in [3.05, 3.63) is 42.1 Å². The summed E-state index contributed by atoms with van der Waals surface area (Å²) < 4.78 is 0. The van der Waals surface area contributed by atoms with E-state index in [9.17, 15) is 0 Å². The van der Waals surface area contributed by atoms with Crippen molar-refractivity contribution in [2.24, 2.45) is 11.8 Å². The van der Waals surface area contributed by atoms with E-state index < -0.39 is 0 Å². The first-order chi connectivity index (χ1) is 8.86. The highest BCUT2D eigenvalue weighted by Crippen LogP contribution is 2.34. The van der Waals surface area contributed by atoms with Gasteiger partial charge in [-0.15, -0.1) is 0 Å². The number of nitrogens with zero attached hydrogens (tertiary/aromatic N) is 1. The summed E-state index contributed by atoms with van der Waals surface area (Å²) in [5.74, 6) is 6.56. The van der Waals surface area contributed by atoms with Crippen molar-refractivity contribution in [1.82, 2.24) is 10.4 Å². The minimum absolute atomic E-state index is 0.378.